The summed E-state index contributed by atoms with van der Waals surface area (Å²) < 4.78 is 0.223. The Bertz CT molecular complexity index is 501. The van der Waals surface area contributed by atoms with E-state index in [1.807, 2.05) is 30.8 Å². The Hall–Kier alpha value is -1.43. The van der Waals surface area contributed by atoms with Gasteiger partial charge in [-0.2, -0.15) is 11.8 Å². The van der Waals surface area contributed by atoms with Crippen LogP contribution in [0.25, 0.3) is 0 Å². The van der Waals surface area contributed by atoms with Gasteiger partial charge in [-0.15, -0.1) is 0 Å². The Labute approximate surface area is 117 Å². The molecule has 0 bridgehead atoms. The van der Waals surface area contributed by atoms with Gasteiger partial charge in [-0.1, -0.05) is 5.16 Å². The molecule has 6 heteroatoms. The van der Waals surface area contributed by atoms with Crippen LogP contribution in [0.4, 0.5) is 5.82 Å². The Morgan fingerprint density at radius 3 is 2.89 bits per heavy atom. The molecule has 1 aromatic rings. The summed E-state index contributed by atoms with van der Waals surface area (Å²) in [6, 6.07) is 3.70. The van der Waals surface area contributed by atoms with Crippen molar-refractivity contribution in [1.82, 2.24) is 4.98 Å². The average Bonchev–Trinajstić information content (AvgIpc) is 2.36. The van der Waals surface area contributed by atoms with E-state index in [1.54, 1.807) is 0 Å². The molecular formula is C13H20N4OS. The molecule has 104 valence electrons. The molecule has 1 fully saturated rings. The molecule has 19 heavy (non-hydrogen) atoms. The molecule has 1 aliphatic heterocycles. The van der Waals surface area contributed by atoms with Crippen molar-refractivity contribution >= 4 is 23.4 Å². The van der Waals surface area contributed by atoms with E-state index in [9.17, 15) is 0 Å². The summed E-state index contributed by atoms with van der Waals surface area (Å²) in [5, 5.41) is 11.8. The first-order valence-corrected chi connectivity index (χ1v) is 7.25. The van der Waals surface area contributed by atoms with Crippen molar-refractivity contribution in [3.63, 3.8) is 0 Å². The van der Waals surface area contributed by atoms with Gasteiger partial charge in [-0.05, 0) is 32.9 Å². The zero-order valence-electron chi connectivity index (χ0n) is 11.6. The summed E-state index contributed by atoms with van der Waals surface area (Å²) >= 11 is 1.98. The number of hydrogen-bond acceptors (Lipinski definition) is 5. The molecule has 0 amide bonds. The van der Waals surface area contributed by atoms with Gasteiger partial charge >= 0.3 is 0 Å². The average molecular weight is 280 g/mol. The van der Waals surface area contributed by atoms with Gasteiger partial charge < -0.3 is 15.8 Å². The number of nitrogens with zero attached hydrogens (tertiary/aromatic N) is 3. The fraction of sp³-hybridized carbons (Fsp3) is 0.538. The molecule has 0 unspecified atom stereocenters. The lowest BCUT2D eigenvalue weighted by Crippen LogP contribution is -2.43. The number of pyridine rings is 1. The highest BCUT2D eigenvalue weighted by molar-refractivity contribution is 8.00. The standard InChI is InChI=1S/C13H20N4OS/c1-9-6-10(12(14)16-18)7-11(15-9)17-4-5-19-13(2,3)8-17/h6-7,18H,4-5,8H2,1-3H3,(H2,14,16). The van der Waals surface area contributed by atoms with E-state index in [2.05, 4.69) is 28.9 Å². The van der Waals surface area contributed by atoms with E-state index in [-0.39, 0.29) is 10.6 Å². The molecule has 1 aliphatic rings. The predicted molar refractivity (Wildman–Crippen MR) is 80.2 cm³/mol. The third kappa shape index (κ3) is 3.32. The number of thioether (sulfide) groups is 1. The SMILES string of the molecule is Cc1cc(/C(N)=N/O)cc(N2CCSC(C)(C)C2)n1. The van der Waals surface area contributed by atoms with Gasteiger partial charge in [0.15, 0.2) is 5.84 Å². The van der Waals surface area contributed by atoms with Crippen LogP contribution in [0.3, 0.4) is 0 Å². The first-order chi connectivity index (χ1) is 8.91. The van der Waals surface area contributed by atoms with Crippen LogP contribution in [-0.2, 0) is 0 Å². The molecule has 0 saturated carbocycles. The van der Waals surface area contributed by atoms with Crippen molar-refractivity contribution in [3.05, 3.63) is 23.4 Å². The lowest BCUT2D eigenvalue weighted by molar-refractivity contribution is 0.318. The molecule has 0 radical (unpaired) electrons. The van der Waals surface area contributed by atoms with Crippen molar-refractivity contribution in [2.75, 3.05) is 23.7 Å². The second-order valence-electron chi connectivity index (χ2n) is 5.37. The number of hydrogen-bond donors (Lipinski definition) is 2. The largest absolute Gasteiger partial charge is 0.409 e. The second kappa shape index (κ2) is 5.28. The number of rotatable bonds is 2. The topological polar surface area (TPSA) is 74.7 Å². The van der Waals surface area contributed by atoms with Crippen LogP contribution in [0.2, 0.25) is 0 Å². The summed E-state index contributed by atoms with van der Waals surface area (Å²) in [4.78, 5) is 6.83. The first kappa shape index (κ1) is 14.0. The van der Waals surface area contributed by atoms with E-state index < -0.39 is 0 Å². The smallest absolute Gasteiger partial charge is 0.170 e. The quantitative estimate of drug-likeness (QED) is 0.374. The summed E-state index contributed by atoms with van der Waals surface area (Å²) in [7, 11) is 0. The van der Waals surface area contributed by atoms with Crippen LogP contribution < -0.4 is 10.6 Å². The lowest BCUT2D eigenvalue weighted by Gasteiger charge is -2.38. The molecule has 0 aliphatic carbocycles. The Morgan fingerprint density at radius 1 is 1.53 bits per heavy atom. The summed E-state index contributed by atoms with van der Waals surface area (Å²) in [5.41, 5.74) is 7.24. The van der Waals surface area contributed by atoms with Crippen molar-refractivity contribution in [2.24, 2.45) is 10.9 Å². The van der Waals surface area contributed by atoms with Gasteiger partial charge in [0.1, 0.15) is 5.82 Å². The highest BCUT2D eigenvalue weighted by Crippen LogP contribution is 2.31. The van der Waals surface area contributed by atoms with E-state index in [1.165, 1.54) is 0 Å². The lowest BCUT2D eigenvalue weighted by atomic mass is 10.1. The predicted octanol–water partition coefficient (Wildman–Crippen LogP) is 1.82. The number of anilines is 1. The third-order valence-electron chi connectivity index (χ3n) is 3.09. The number of aromatic nitrogens is 1. The van der Waals surface area contributed by atoms with Gasteiger partial charge in [-0.3, -0.25) is 0 Å². The molecule has 1 saturated heterocycles. The summed E-state index contributed by atoms with van der Waals surface area (Å²) in [6.45, 7) is 8.32. The van der Waals surface area contributed by atoms with Crippen LogP contribution in [0, 0.1) is 6.92 Å². The highest BCUT2D eigenvalue weighted by atomic mass is 32.2. The highest BCUT2D eigenvalue weighted by Gasteiger charge is 2.28. The van der Waals surface area contributed by atoms with Gasteiger partial charge in [-0.25, -0.2) is 4.98 Å². The van der Waals surface area contributed by atoms with Crippen LogP contribution in [0.5, 0.6) is 0 Å². The number of amidine groups is 1. The number of aryl methyl sites for hydroxylation is 1. The minimum atomic E-state index is 0.123. The van der Waals surface area contributed by atoms with Crippen LogP contribution in [0.1, 0.15) is 25.1 Å². The maximum absolute atomic E-state index is 8.79. The maximum Gasteiger partial charge on any atom is 0.170 e. The third-order valence-corrected chi connectivity index (χ3v) is 4.39. The van der Waals surface area contributed by atoms with Crippen LogP contribution >= 0.6 is 11.8 Å². The first-order valence-electron chi connectivity index (χ1n) is 6.27. The molecule has 0 aromatic carbocycles. The van der Waals surface area contributed by atoms with Gasteiger partial charge in [0.05, 0.1) is 0 Å². The molecule has 0 spiro atoms. The number of oxime groups is 1. The van der Waals surface area contributed by atoms with E-state index in [0.717, 1.165) is 30.4 Å². The molecule has 2 rings (SSSR count). The minimum Gasteiger partial charge on any atom is -0.409 e. The molecule has 5 nitrogen and oxygen atoms in total. The fourth-order valence-corrected chi connectivity index (χ4v) is 3.34. The van der Waals surface area contributed by atoms with E-state index in [0.29, 0.717) is 5.56 Å². The minimum absolute atomic E-state index is 0.123. The molecule has 2 heterocycles. The molecule has 0 atom stereocenters. The van der Waals surface area contributed by atoms with Crippen LogP contribution in [-0.4, -0.2) is 39.6 Å². The molecule has 3 N–H and O–H groups in total. The molecular weight excluding hydrogens is 260 g/mol. The molecule has 1 aromatic heterocycles. The summed E-state index contributed by atoms with van der Waals surface area (Å²) in [6.07, 6.45) is 0. The van der Waals surface area contributed by atoms with Crippen LogP contribution in [0.15, 0.2) is 17.3 Å². The monoisotopic (exact) mass is 280 g/mol. The van der Waals surface area contributed by atoms with Gasteiger partial charge in [0, 0.05) is 34.8 Å². The van der Waals surface area contributed by atoms with E-state index in [4.69, 9.17) is 10.9 Å². The van der Waals surface area contributed by atoms with Crippen molar-refractivity contribution in [2.45, 2.75) is 25.5 Å². The normalized spacial score (nSPS) is 19.5. The Kier molecular flexibility index (Phi) is 3.89. The number of nitrogens with two attached hydrogens (primary N) is 1. The Balaban J connectivity index is 2.32. The van der Waals surface area contributed by atoms with Gasteiger partial charge in [0.25, 0.3) is 0 Å². The Morgan fingerprint density at radius 2 is 2.26 bits per heavy atom. The zero-order chi connectivity index (χ0) is 14.0. The van der Waals surface area contributed by atoms with Crippen molar-refractivity contribution in [1.29, 1.82) is 0 Å². The van der Waals surface area contributed by atoms with Crippen molar-refractivity contribution < 1.29 is 5.21 Å². The maximum atomic E-state index is 8.79. The van der Waals surface area contributed by atoms with E-state index >= 15 is 0 Å². The zero-order valence-corrected chi connectivity index (χ0v) is 12.4. The van der Waals surface area contributed by atoms with Gasteiger partial charge in [0.2, 0.25) is 0 Å². The second-order valence-corrected chi connectivity index (χ2v) is 7.17. The fourth-order valence-electron chi connectivity index (χ4n) is 2.23. The summed E-state index contributed by atoms with van der Waals surface area (Å²) in [5.74, 6) is 2.11. The van der Waals surface area contributed by atoms with Crippen molar-refractivity contribution in [3.8, 4) is 0 Å².